The Bertz CT molecular complexity index is 489. The van der Waals surface area contributed by atoms with Crippen LogP contribution in [0.2, 0.25) is 0 Å². The summed E-state index contributed by atoms with van der Waals surface area (Å²) in [6.45, 7) is 6.61. The zero-order valence-corrected chi connectivity index (χ0v) is 13.5. The lowest BCUT2D eigenvalue weighted by molar-refractivity contribution is 0.0601. The van der Waals surface area contributed by atoms with Gasteiger partial charge in [0.15, 0.2) is 0 Å². The average molecular weight is 293 g/mol. The van der Waals surface area contributed by atoms with Crippen LogP contribution in [0.1, 0.15) is 37.0 Å². The maximum atomic E-state index is 12.0. The van der Waals surface area contributed by atoms with Crippen LogP contribution in [0, 0.1) is 5.41 Å². The summed E-state index contributed by atoms with van der Waals surface area (Å²) in [6.07, 6.45) is 4.31. The van der Waals surface area contributed by atoms with Gasteiger partial charge in [0, 0.05) is 18.0 Å². The average Bonchev–Trinajstić information content (AvgIpc) is 2.46. The molecule has 1 aliphatic rings. The van der Waals surface area contributed by atoms with E-state index in [4.69, 9.17) is 4.74 Å². The van der Waals surface area contributed by atoms with Crippen molar-refractivity contribution >= 4 is 23.4 Å². The van der Waals surface area contributed by atoms with E-state index in [1.807, 2.05) is 12.3 Å². The summed E-state index contributed by atoms with van der Waals surface area (Å²) in [6, 6.07) is 6.06. The summed E-state index contributed by atoms with van der Waals surface area (Å²) in [5, 5.41) is 0. The maximum Gasteiger partial charge on any atom is 0.340 e. The summed E-state index contributed by atoms with van der Waals surface area (Å²) in [7, 11) is 1.44. The molecule has 2 rings (SSSR count). The van der Waals surface area contributed by atoms with Crippen LogP contribution in [0.4, 0.5) is 5.69 Å². The van der Waals surface area contributed by atoms with Gasteiger partial charge in [0.2, 0.25) is 0 Å². The molecule has 3 nitrogen and oxygen atoms in total. The minimum Gasteiger partial charge on any atom is -0.465 e. The molecule has 1 aliphatic heterocycles. The molecule has 1 saturated heterocycles. The predicted octanol–water partition coefficient (Wildman–Crippen LogP) is 3.82. The fraction of sp³-hybridized carbons (Fsp3) is 0.562. The molecule has 1 aromatic rings. The Labute approximate surface area is 125 Å². The third-order valence-electron chi connectivity index (χ3n) is 4.07. The topological polar surface area (TPSA) is 29.5 Å². The molecule has 0 unspecified atom stereocenters. The summed E-state index contributed by atoms with van der Waals surface area (Å²) in [4.78, 5) is 15.4. The maximum absolute atomic E-state index is 12.0. The highest BCUT2D eigenvalue weighted by atomic mass is 32.2. The number of hydrogen-bond donors (Lipinski definition) is 0. The second-order valence-corrected chi connectivity index (χ2v) is 6.91. The van der Waals surface area contributed by atoms with E-state index in [9.17, 15) is 4.79 Å². The van der Waals surface area contributed by atoms with Gasteiger partial charge in [-0.05, 0) is 42.7 Å². The number of benzene rings is 1. The van der Waals surface area contributed by atoms with Gasteiger partial charge in [-0.15, -0.1) is 11.8 Å². The molecule has 0 saturated carbocycles. The van der Waals surface area contributed by atoms with Crippen LogP contribution in [-0.2, 0) is 4.74 Å². The molecule has 1 heterocycles. The molecule has 0 radical (unpaired) electrons. The number of thioether (sulfide) groups is 1. The van der Waals surface area contributed by atoms with Crippen molar-refractivity contribution in [3.8, 4) is 0 Å². The van der Waals surface area contributed by atoms with E-state index < -0.39 is 0 Å². The fourth-order valence-electron chi connectivity index (χ4n) is 2.54. The summed E-state index contributed by atoms with van der Waals surface area (Å²) in [5.74, 6) is -0.249. The quantitative estimate of drug-likeness (QED) is 0.626. The molecule has 1 aromatic carbocycles. The Balaban J connectivity index is 2.29. The highest BCUT2D eigenvalue weighted by Crippen LogP contribution is 2.34. The summed E-state index contributed by atoms with van der Waals surface area (Å²) < 4.78 is 4.93. The van der Waals surface area contributed by atoms with E-state index in [-0.39, 0.29) is 5.97 Å². The summed E-state index contributed by atoms with van der Waals surface area (Å²) >= 11 is 1.64. The van der Waals surface area contributed by atoms with Crippen molar-refractivity contribution < 1.29 is 9.53 Å². The number of ether oxygens (including phenoxy) is 1. The normalized spacial score (nSPS) is 17.9. The Kier molecular flexibility index (Phi) is 4.63. The third-order valence-corrected chi connectivity index (χ3v) is 4.79. The number of esters is 1. The Morgan fingerprint density at radius 2 is 1.95 bits per heavy atom. The molecule has 0 N–H and O–H groups in total. The molecule has 4 heteroatoms. The van der Waals surface area contributed by atoms with Gasteiger partial charge in [-0.25, -0.2) is 4.79 Å². The minimum absolute atomic E-state index is 0.249. The van der Waals surface area contributed by atoms with Crippen molar-refractivity contribution in [1.29, 1.82) is 0 Å². The number of carbonyl (C=O) groups is 1. The number of piperidine rings is 1. The lowest BCUT2D eigenvalue weighted by Crippen LogP contribution is -2.38. The smallest absolute Gasteiger partial charge is 0.340 e. The van der Waals surface area contributed by atoms with Crippen molar-refractivity contribution in [3.63, 3.8) is 0 Å². The van der Waals surface area contributed by atoms with Crippen LogP contribution >= 0.6 is 11.8 Å². The summed E-state index contributed by atoms with van der Waals surface area (Å²) in [5.41, 5.74) is 2.09. The number of carbonyl (C=O) groups excluding carboxylic acids is 1. The number of rotatable bonds is 3. The molecule has 0 aromatic heterocycles. The van der Waals surface area contributed by atoms with Crippen molar-refractivity contribution in [1.82, 2.24) is 0 Å². The first kappa shape index (κ1) is 15.2. The van der Waals surface area contributed by atoms with Crippen LogP contribution in [0.15, 0.2) is 23.1 Å². The highest BCUT2D eigenvalue weighted by molar-refractivity contribution is 7.98. The van der Waals surface area contributed by atoms with Crippen molar-refractivity contribution in [2.75, 3.05) is 31.4 Å². The van der Waals surface area contributed by atoms with Gasteiger partial charge in [-0.3, -0.25) is 0 Å². The molecule has 0 spiro atoms. The molecule has 110 valence electrons. The standard InChI is InChI=1S/C16H23NO2S/c1-16(2)7-9-17(10-8-16)14-6-5-12(20-4)11-13(14)15(18)19-3/h5-6,11H,7-10H2,1-4H3. The third kappa shape index (κ3) is 3.29. The second-order valence-electron chi connectivity index (χ2n) is 6.03. The van der Waals surface area contributed by atoms with E-state index in [0.29, 0.717) is 11.0 Å². The van der Waals surface area contributed by atoms with Gasteiger partial charge in [-0.1, -0.05) is 13.8 Å². The molecule has 1 fully saturated rings. The van der Waals surface area contributed by atoms with Gasteiger partial charge < -0.3 is 9.64 Å². The van der Waals surface area contributed by atoms with Gasteiger partial charge in [0.05, 0.1) is 18.4 Å². The second kappa shape index (κ2) is 6.08. The molecular formula is C16H23NO2S. The van der Waals surface area contributed by atoms with Gasteiger partial charge in [0.1, 0.15) is 0 Å². The highest BCUT2D eigenvalue weighted by Gasteiger charge is 2.27. The van der Waals surface area contributed by atoms with Crippen molar-refractivity contribution in [2.45, 2.75) is 31.6 Å². The molecule has 0 atom stereocenters. The van der Waals surface area contributed by atoms with E-state index in [2.05, 4.69) is 30.9 Å². The first-order valence-electron chi connectivity index (χ1n) is 6.98. The molecular weight excluding hydrogens is 270 g/mol. The fourth-order valence-corrected chi connectivity index (χ4v) is 2.98. The Morgan fingerprint density at radius 3 is 2.50 bits per heavy atom. The zero-order chi connectivity index (χ0) is 14.8. The Hall–Kier alpha value is -1.16. The zero-order valence-electron chi connectivity index (χ0n) is 12.7. The molecule has 0 aliphatic carbocycles. The molecule has 0 bridgehead atoms. The number of anilines is 1. The molecule has 20 heavy (non-hydrogen) atoms. The van der Waals surface area contributed by atoms with E-state index in [1.54, 1.807) is 11.8 Å². The van der Waals surface area contributed by atoms with Crippen LogP contribution in [0.3, 0.4) is 0 Å². The lowest BCUT2D eigenvalue weighted by atomic mass is 9.82. The Morgan fingerprint density at radius 1 is 1.30 bits per heavy atom. The van der Waals surface area contributed by atoms with Crippen LogP contribution in [-0.4, -0.2) is 32.4 Å². The number of hydrogen-bond acceptors (Lipinski definition) is 4. The molecule has 0 amide bonds. The van der Waals surface area contributed by atoms with Crippen LogP contribution in [0.25, 0.3) is 0 Å². The van der Waals surface area contributed by atoms with Crippen molar-refractivity contribution in [2.24, 2.45) is 5.41 Å². The first-order chi connectivity index (χ1) is 9.46. The SMILES string of the molecule is COC(=O)c1cc(SC)ccc1N1CCC(C)(C)CC1. The van der Waals surface area contributed by atoms with E-state index >= 15 is 0 Å². The van der Waals surface area contributed by atoms with Crippen molar-refractivity contribution in [3.05, 3.63) is 23.8 Å². The van der Waals surface area contributed by atoms with Gasteiger partial charge in [0.25, 0.3) is 0 Å². The van der Waals surface area contributed by atoms with E-state index in [0.717, 1.165) is 36.5 Å². The predicted molar refractivity (Wildman–Crippen MR) is 84.8 cm³/mol. The monoisotopic (exact) mass is 293 g/mol. The van der Waals surface area contributed by atoms with Crippen LogP contribution in [0.5, 0.6) is 0 Å². The largest absolute Gasteiger partial charge is 0.465 e. The van der Waals surface area contributed by atoms with E-state index in [1.165, 1.54) is 7.11 Å². The van der Waals surface area contributed by atoms with Gasteiger partial charge >= 0.3 is 5.97 Å². The minimum atomic E-state index is -0.249. The number of methoxy groups -OCH3 is 1. The number of nitrogens with zero attached hydrogens (tertiary/aromatic N) is 1. The first-order valence-corrected chi connectivity index (χ1v) is 8.20. The van der Waals surface area contributed by atoms with Gasteiger partial charge in [-0.2, -0.15) is 0 Å². The lowest BCUT2D eigenvalue weighted by Gasteiger charge is -2.38. The van der Waals surface area contributed by atoms with Crippen LogP contribution < -0.4 is 4.90 Å².